The van der Waals surface area contributed by atoms with Crippen molar-refractivity contribution in [2.24, 2.45) is 11.7 Å². The Bertz CT molecular complexity index is 290. The van der Waals surface area contributed by atoms with Crippen molar-refractivity contribution in [3.63, 3.8) is 0 Å². The largest absolute Gasteiger partial charge is 0.368 e. The fourth-order valence-electron chi connectivity index (χ4n) is 1.27. The molecular weight excluding hydrogens is 180 g/mol. The van der Waals surface area contributed by atoms with Crippen LogP contribution in [0.15, 0.2) is 0 Å². The highest BCUT2D eigenvalue weighted by Crippen LogP contribution is 2.20. The standard InChI is InChI=1S/C8H16N6/c1-4(2)5(3-9)6-12-7(10)14-8(11)13-6/h4-5H,3,9H2,1-2H3,(H4,10,11,12,13,14). The number of hydrogen-bond acceptors (Lipinski definition) is 6. The Morgan fingerprint density at radius 2 is 1.57 bits per heavy atom. The minimum absolute atomic E-state index is 0.0719. The average molecular weight is 196 g/mol. The molecule has 0 aliphatic carbocycles. The number of rotatable bonds is 3. The molecule has 0 saturated carbocycles. The van der Waals surface area contributed by atoms with Crippen molar-refractivity contribution in [1.29, 1.82) is 0 Å². The molecule has 14 heavy (non-hydrogen) atoms. The van der Waals surface area contributed by atoms with Crippen molar-refractivity contribution in [1.82, 2.24) is 15.0 Å². The van der Waals surface area contributed by atoms with E-state index < -0.39 is 0 Å². The van der Waals surface area contributed by atoms with Gasteiger partial charge in [0.25, 0.3) is 0 Å². The molecule has 0 aliphatic rings. The van der Waals surface area contributed by atoms with Crippen LogP contribution in [0.1, 0.15) is 25.6 Å². The first kappa shape index (κ1) is 10.6. The van der Waals surface area contributed by atoms with Crippen molar-refractivity contribution >= 4 is 11.9 Å². The number of nitrogens with two attached hydrogens (primary N) is 3. The first-order valence-electron chi connectivity index (χ1n) is 4.51. The van der Waals surface area contributed by atoms with Gasteiger partial charge >= 0.3 is 0 Å². The molecule has 0 bridgehead atoms. The Balaban J connectivity index is 3.04. The predicted molar refractivity (Wildman–Crippen MR) is 55.3 cm³/mol. The molecule has 0 aliphatic heterocycles. The highest BCUT2D eigenvalue weighted by Gasteiger charge is 2.18. The van der Waals surface area contributed by atoms with Crippen LogP contribution in [0.3, 0.4) is 0 Å². The first-order chi connectivity index (χ1) is 6.54. The molecule has 0 saturated heterocycles. The lowest BCUT2D eigenvalue weighted by Crippen LogP contribution is -2.21. The van der Waals surface area contributed by atoms with E-state index in [1.807, 2.05) is 13.8 Å². The smallest absolute Gasteiger partial charge is 0.225 e. The molecule has 78 valence electrons. The third-order valence-corrected chi connectivity index (χ3v) is 2.08. The second-order valence-electron chi connectivity index (χ2n) is 3.50. The van der Waals surface area contributed by atoms with Gasteiger partial charge < -0.3 is 17.2 Å². The van der Waals surface area contributed by atoms with E-state index in [0.29, 0.717) is 18.3 Å². The van der Waals surface area contributed by atoms with Gasteiger partial charge in [-0.3, -0.25) is 0 Å². The molecule has 1 heterocycles. The summed E-state index contributed by atoms with van der Waals surface area (Å²) in [6, 6.07) is 0. The summed E-state index contributed by atoms with van der Waals surface area (Å²) in [4.78, 5) is 11.7. The van der Waals surface area contributed by atoms with Crippen molar-refractivity contribution in [3.8, 4) is 0 Å². The summed E-state index contributed by atoms with van der Waals surface area (Å²) >= 11 is 0. The van der Waals surface area contributed by atoms with E-state index in [9.17, 15) is 0 Å². The van der Waals surface area contributed by atoms with Crippen LogP contribution in [0.2, 0.25) is 0 Å². The van der Waals surface area contributed by atoms with Gasteiger partial charge in [-0.25, -0.2) is 0 Å². The number of aromatic nitrogens is 3. The van der Waals surface area contributed by atoms with Crippen LogP contribution < -0.4 is 17.2 Å². The molecule has 1 aromatic rings. The lowest BCUT2D eigenvalue weighted by molar-refractivity contribution is 0.483. The molecule has 0 aromatic carbocycles. The van der Waals surface area contributed by atoms with Gasteiger partial charge in [-0.1, -0.05) is 13.8 Å². The van der Waals surface area contributed by atoms with Crippen LogP contribution in [-0.4, -0.2) is 21.5 Å². The molecule has 1 aromatic heterocycles. The molecule has 1 atom stereocenters. The zero-order chi connectivity index (χ0) is 10.7. The van der Waals surface area contributed by atoms with E-state index in [1.54, 1.807) is 0 Å². The summed E-state index contributed by atoms with van der Waals surface area (Å²) in [5.41, 5.74) is 16.6. The minimum atomic E-state index is 0.0719. The van der Waals surface area contributed by atoms with Gasteiger partial charge in [0.2, 0.25) is 11.9 Å². The van der Waals surface area contributed by atoms with Crippen LogP contribution in [-0.2, 0) is 0 Å². The zero-order valence-corrected chi connectivity index (χ0v) is 8.44. The summed E-state index contributed by atoms with van der Waals surface area (Å²) in [5, 5.41) is 0. The van der Waals surface area contributed by atoms with Gasteiger partial charge in [-0.2, -0.15) is 15.0 Å². The number of anilines is 2. The maximum absolute atomic E-state index is 5.62. The summed E-state index contributed by atoms with van der Waals surface area (Å²) in [6.07, 6.45) is 0. The van der Waals surface area contributed by atoms with E-state index in [2.05, 4.69) is 15.0 Å². The van der Waals surface area contributed by atoms with Crippen molar-refractivity contribution < 1.29 is 0 Å². The highest BCUT2D eigenvalue weighted by atomic mass is 15.1. The molecule has 0 spiro atoms. The van der Waals surface area contributed by atoms with E-state index in [0.717, 1.165) is 0 Å². The SMILES string of the molecule is CC(C)C(CN)c1nc(N)nc(N)n1. The topological polar surface area (TPSA) is 117 Å². The van der Waals surface area contributed by atoms with Gasteiger partial charge in [0, 0.05) is 12.5 Å². The lowest BCUT2D eigenvalue weighted by atomic mass is 9.95. The molecular formula is C8H16N6. The fraction of sp³-hybridized carbons (Fsp3) is 0.625. The van der Waals surface area contributed by atoms with E-state index in [1.165, 1.54) is 0 Å². The van der Waals surface area contributed by atoms with E-state index >= 15 is 0 Å². The molecule has 6 heteroatoms. The Kier molecular flexibility index (Phi) is 3.19. The summed E-state index contributed by atoms with van der Waals surface area (Å²) < 4.78 is 0. The molecule has 6 N–H and O–H groups in total. The molecule has 1 rings (SSSR count). The fourth-order valence-corrected chi connectivity index (χ4v) is 1.27. The van der Waals surface area contributed by atoms with Gasteiger partial charge in [0.15, 0.2) is 0 Å². The van der Waals surface area contributed by atoms with Gasteiger partial charge in [0.1, 0.15) is 5.82 Å². The van der Waals surface area contributed by atoms with Crippen LogP contribution in [0.4, 0.5) is 11.9 Å². The average Bonchev–Trinajstić information content (AvgIpc) is 2.02. The number of nitrogens with zero attached hydrogens (tertiary/aromatic N) is 3. The van der Waals surface area contributed by atoms with Crippen molar-refractivity contribution in [2.75, 3.05) is 18.0 Å². The van der Waals surface area contributed by atoms with Gasteiger partial charge in [-0.15, -0.1) is 0 Å². The summed E-state index contributed by atoms with van der Waals surface area (Å²) in [7, 11) is 0. The Hall–Kier alpha value is -1.43. The molecule has 1 unspecified atom stereocenters. The van der Waals surface area contributed by atoms with Gasteiger partial charge in [-0.05, 0) is 5.92 Å². The molecule has 6 nitrogen and oxygen atoms in total. The first-order valence-corrected chi connectivity index (χ1v) is 4.51. The number of nitrogen functional groups attached to an aromatic ring is 2. The maximum Gasteiger partial charge on any atom is 0.225 e. The monoisotopic (exact) mass is 196 g/mol. The van der Waals surface area contributed by atoms with Crippen molar-refractivity contribution in [2.45, 2.75) is 19.8 Å². The van der Waals surface area contributed by atoms with Gasteiger partial charge in [0.05, 0.1) is 0 Å². The zero-order valence-electron chi connectivity index (χ0n) is 8.44. The number of hydrogen-bond donors (Lipinski definition) is 3. The van der Waals surface area contributed by atoms with Crippen LogP contribution >= 0.6 is 0 Å². The second-order valence-corrected chi connectivity index (χ2v) is 3.50. The van der Waals surface area contributed by atoms with Crippen LogP contribution in [0.5, 0.6) is 0 Å². The van der Waals surface area contributed by atoms with Crippen LogP contribution in [0.25, 0.3) is 0 Å². The minimum Gasteiger partial charge on any atom is -0.368 e. The Morgan fingerprint density at radius 3 is 1.93 bits per heavy atom. The van der Waals surface area contributed by atoms with E-state index in [-0.39, 0.29) is 17.8 Å². The Labute approximate surface area is 82.9 Å². The summed E-state index contributed by atoms with van der Waals surface area (Å²) in [5.74, 6) is 1.29. The third kappa shape index (κ3) is 2.29. The van der Waals surface area contributed by atoms with Crippen LogP contribution in [0, 0.1) is 5.92 Å². The highest BCUT2D eigenvalue weighted by molar-refractivity contribution is 5.27. The molecule has 0 radical (unpaired) electrons. The Morgan fingerprint density at radius 1 is 1.07 bits per heavy atom. The quantitative estimate of drug-likeness (QED) is 0.613. The molecule has 0 fully saturated rings. The molecule has 0 amide bonds. The van der Waals surface area contributed by atoms with E-state index in [4.69, 9.17) is 17.2 Å². The third-order valence-electron chi connectivity index (χ3n) is 2.08. The summed E-state index contributed by atoms with van der Waals surface area (Å²) in [6.45, 7) is 4.57. The lowest BCUT2D eigenvalue weighted by Gasteiger charge is -2.17. The maximum atomic E-state index is 5.62. The predicted octanol–water partition coefficient (Wildman–Crippen LogP) is -0.266. The van der Waals surface area contributed by atoms with Crippen molar-refractivity contribution in [3.05, 3.63) is 5.82 Å². The normalized spacial score (nSPS) is 13.1. The second kappa shape index (κ2) is 4.19.